The quantitative estimate of drug-likeness (QED) is 0.434. The number of ether oxygens (including phenoxy) is 4. The van der Waals surface area contributed by atoms with Crippen LogP contribution in [0.3, 0.4) is 0 Å². The van der Waals surface area contributed by atoms with Crippen LogP contribution in [-0.2, 0) is 17.9 Å². The van der Waals surface area contributed by atoms with Crippen LogP contribution < -0.4 is 19.8 Å². The molecule has 2 aromatic carbocycles. The molecule has 10 heteroatoms. The molecule has 1 saturated heterocycles. The number of rotatable bonds is 7. The molecule has 2 aliphatic rings. The van der Waals surface area contributed by atoms with Crippen LogP contribution in [0.5, 0.6) is 17.2 Å². The topological polar surface area (TPSA) is 95.4 Å². The smallest absolute Gasteiger partial charge is 0.410 e. The number of nitrogens with zero attached hydrogens (tertiary/aromatic N) is 4. The summed E-state index contributed by atoms with van der Waals surface area (Å²) in [6, 6.07) is 11.3. The van der Waals surface area contributed by atoms with Gasteiger partial charge in [0.15, 0.2) is 11.5 Å². The zero-order chi connectivity index (χ0) is 28.3. The molecule has 5 rings (SSSR count). The summed E-state index contributed by atoms with van der Waals surface area (Å²) in [6.07, 6.45) is 2.72. The van der Waals surface area contributed by atoms with E-state index in [-0.39, 0.29) is 29.8 Å². The Balaban J connectivity index is 1.19. The third-order valence-corrected chi connectivity index (χ3v) is 7.50. The number of aromatic nitrogens is 2. The lowest BCUT2D eigenvalue weighted by Crippen LogP contribution is -2.55. The molecule has 40 heavy (non-hydrogen) atoms. The average Bonchev–Trinajstić information content (AvgIpc) is 2.95. The van der Waals surface area contributed by atoms with E-state index >= 15 is 0 Å². The molecular weight excluding hydrogens is 512 g/mol. The van der Waals surface area contributed by atoms with E-state index in [4.69, 9.17) is 18.9 Å². The molecule has 0 spiro atoms. The number of amides is 1. The van der Waals surface area contributed by atoms with E-state index in [9.17, 15) is 9.59 Å². The van der Waals surface area contributed by atoms with Crippen molar-refractivity contribution in [3.8, 4) is 17.2 Å². The van der Waals surface area contributed by atoms with Gasteiger partial charge in [0.25, 0.3) is 5.56 Å². The lowest BCUT2D eigenvalue weighted by molar-refractivity contribution is 0.0196. The van der Waals surface area contributed by atoms with Crippen LogP contribution in [0.1, 0.15) is 39.2 Å². The molecule has 0 radical (unpaired) electrons. The van der Waals surface area contributed by atoms with Gasteiger partial charge in [-0.3, -0.25) is 4.79 Å². The number of fused-ring (bicyclic) bond motifs is 2. The molecule has 3 aromatic rings. The molecule has 0 atom stereocenters. The van der Waals surface area contributed by atoms with Gasteiger partial charge in [0.1, 0.15) is 25.6 Å². The average molecular weight is 551 g/mol. The molecule has 1 aromatic heterocycles. The van der Waals surface area contributed by atoms with Crippen molar-refractivity contribution in [2.45, 2.75) is 58.3 Å². The van der Waals surface area contributed by atoms with E-state index in [1.165, 1.54) is 6.20 Å². The van der Waals surface area contributed by atoms with Gasteiger partial charge in [0.05, 0.1) is 24.3 Å². The molecule has 0 N–H and O–H groups in total. The van der Waals surface area contributed by atoms with Gasteiger partial charge < -0.3 is 33.3 Å². The summed E-state index contributed by atoms with van der Waals surface area (Å²) in [5.41, 5.74) is 1.86. The second-order valence-electron chi connectivity index (χ2n) is 11.2. The van der Waals surface area contributed by atoms with Crippen LogP contribution in [0.25, 0.3) is 11.0 Å². The number of piperidine rings is 1. The summed E-state index contributed by atoms with van der Waals surface area (Å²) in [6.45, 7) is 10.3. The normalized spacial score (nSPS) is 16.1. The Morgan fingerprint density at radius 2 is 1.80 bits per heavy atom. The number of hydrogen-bond acceptors (Lipinski definition) is 8. The monoisotopic (exact) mass is 550 g/mol. The first-order valence-corrected chi connectivity index (χ1v) is 13.8. The van der Waals surface area contributed by atoms with Gasteiger partial charge in [0.2, 0.25) is 0 Å². The minimum absolute atomic E-state index is 0.0674. The largest absolute Gasteiger partial charge is 0.497 e. The molecule has 0 aliphatic carbocycles. The van der Waals surface area contributed by atoms with Crippen molar-refractivity contribution in [3.05, 3.63) is 58.5 Å². The molecular formula is C30H38N4O6. The van der Waals surface area contributed by atoms with Crippen molar-refractivity contribution >= 4 is 17.1 Å². The van der Waals surface area contributed by atoms with Crippen molar-refractivity contribution in [1.29, 1.82) is 0 Å². The summed E-state index contributed by atoms with van der Waals surface area (Å²) >= 11 is 0. The minimum Gasteiger partial charge on any atom is -0.497 e. The first kappa shape index (κ1) is 27.8. The van der Waals surface area contributed by atoms with E-state index in [2.05, 4.69) is 9.88 Å². The molecule has 214 valence electrons. The Hall–Kier alpha value is -3.79. The third kappa shape index (κ3) is 6.17. The van der Waals surface area contributed by atoms with Crippen LogP contribution in [0.4, 0.5) is 4.79 Å². The highest BCUT2D eigenvalue weighted by molar-refractivity contribution is 5.76. The SMILES string of the molecule is COc1ccc2ncc(=O)n(CCN3CCC(N(C(=O)OCc4ccc5c(c4)OCCO5)C(C)(C)C)CC3)c2c1. The molecule has 10 nitrogen and oxygen atoms in total. The van der Waals surface area contributed by atoms with E-state index in [0.29, 0.717) is 37.0 Å². The molecule has 2 aliphatic heterocycles. The lowest BCUT2D eigenvalue weighted by Gasteiger charge is -2.44. The zero-order valence-corrected chi connectivity index (χ0v) is 23.7. The van der Waals surface area contributed by atoms with Crippen molar-refractivity contribution in [1.82, 2.24) is 19.4 Å². The van der Waals surface area contributed by atoms with E-state index in [1.807, 2.05) is 62.1 Å². The van der Waals surface area contributed by atoms with Crippen molar-refractivity contribution in [2.75, 3.05) is 40.0 Å². The fraction of sp³-hybridized carbons (Fsp3) is 0.500. The minimum atomic E-state index is -0.390. The number of benzene rings is 2. The maximum absolute atomic E-state index is 13.3. The van der Waals surface area contributed by atoms with Gasteiger partial charge in [-0.25, -0.2) is 9.78 Å². The number of hydrogen-bond donors (Lipinski definition) is 0. The van der Waals surface area contributed by atoms with Gasteiger partial charge in [-0.15, -0.1) is 0 Å². The first-order valence-electron chi connectivity index (χ1n) is 13.8. The Kier molecular flexibility index (Phi) is 8.16. The first-order chi connectivity index (χ1) is 19.2. The van der Waals surface area contributed by atoms with Gasteiger partial charge >= 0.3 is 6.09 Å². The van der Waals surface area contributed by atoms with Gasteiger partial charge in [-0.05, 0) is 63.4 Å². The van der Waals surface area contributed by atoms with Crippen LogP contribution in [0.2, 0.25) is 0 Å². The summed E-state index contributed by atoms with van der Waals surface area (Å²) in [5, 5.41) is 0. The highest BCUT2D eigenvalue weighted by Crippen LogP contribution is 2.31. The number of methoxy groups -OCH3 is 1. The summed E-state index contributed by atoms with van der Waals surface area (Å²) < 4.78 is 24.1. The number of carbonyl (C=O) groups is 1. The van der Waals surface area contributed by atoms with E-state index in [1.54, 1.807) is 11.7 Å². The second kappa shape index (κ2) is 11.8. The van der Waals surface area contributed by atoms with Crippen molar-refractivity contribution in [2.24, 2.45) is 0 Å². The molecule has 1 amide bonds. The Bertz CT molecular complexity index is 1410. The number of carbonyl (C=O) groups excluding carboxylic acids is 1. The molecule has 3 heterocycles. The van der Waals surface area contributed by atoms with Crippen molar-refractivity contribution < 1.29 is 23.7 Å². The molecule has 1 fully saturated rings. The summed E-state index contributed by atoms with van der Waals surface area (Å²) in [5.74, 6) is 2.09. The maximum Gasteiger partial charge on any atom is 0.410 e. The third-order valence-electron chi connectivity index (χ3n) is 7.50. The van der Waals surface area contributed by atoms with Crippen LogP contribution in [0, 0.1) is 0 Å². The fourth-order valence-corrected chi connectivity index (χ4v) is 5.50. The predicted octanol–water partition coefficient (Wildman–Crippen LogP) is 4.08. The van der Waals surface area contributed by atoms with Crippen LogP contribution >= 0.6 is 0 Å². The standard InChI is InChI=1S/C30H38N4O6/c1-30(2,3)34(29(36)40-20-21-5-8-26-27(17-21)39-16-15-38-26)22-9-11-32(12-10-22)13-14-33-25-18-23(37-4)6-7-24(25)31-19-28(33)35/h5-8,17-19,22H,9-16,20H2,1-4H3. The number of likely N-dealkylation sites (tertiary alicyclic amines) is 1. The summed E-state index contributed by atoms with van der Waals surface area (Å²) in [4.78, 5) is 34.5. The molecule has 0 unspecified atom stereocenters. The Morgan fingerprint density at radius 1 is 1.05 bits per heavy atom. The second-order valence-corrected chi connectivity index (χ2v) is 11.2. The van der Waals surface area contributed by atoms with Gasteiger partial charge in [-0.2, -0.15) is 0 Å². The van der Waals surface area contributed by atoms with E-state index in [0.717, 1.165) is 49.1 Å². The highest BCUT2D eigenvalue weighted by Gasteiger charge is 2.36. The summed E-state index contributed by atoms with van der Waals surface area (Å²) in [7, 11) is 1.61. The van der Waals surface area contributed by atoms with Crippen molar-refractivity contribution in [3.63, 3.8) is 0 Å². The fourth-order valence-electron chi connectivity index (χ4n) is 5.50. The maximum atomic E-state index is 13.3. The van der Waals surface area contributed by atoms with E-state index < -0.39 is 0 Å². The van der Waals surface area contributed by atoms with Gasteiger partial charge in [0, 0.05) is 43.8 Å². The Morgan fingerprint density at radius 3 is 2.52 bits per heavy atom. The molecule has 0 bridgehead atoms. The molecule has 0 saturated carbocycles. The highest BCUT2D eigenvalue weighted by atomic mass is 16.6. The zero-order valence-electron chi connectivity index (χ0n) is 23.7. The Labute approximate surface area is 234 Å². The lowest BCUT2D eigenvalue weighted by atomic mass is 9.97. The van der Waals surface area contributed by atoms with Crippen LogP contribution in [0.15, 0.2) is 47.4 Å². The van der Waals surface area contributed by atoms with Crippen LogP contribution in [-0.4, -0.2) is 77.0 Å². The predicted molar refractivity (Wildman–Crippen MR) is 151 cm³/mol. The van der Waals surface area contributed by atoms with Gasteiger partial charge in [-0.1, -0.05) is 6.07 Å².